The minimum absolute atomic E-state index is 0.392. The molecule has 0 bridgehead atoms. The molecule has 2 atom stereocenters. The molecule has 0 unspecified atom stereocenters. The lowest BCUT2D eigenvalue weighted by atomic mass is 9.87. The lowest BCUT2D eigenvalue weighted by Gasteiger charge is -2.35. The van der Waals surface area contributed by atoms with E-state index in [2.05, 4.69) is 20.7 Å². The maximum atomic E-state index is 12.7. The predicted molar refractivity (Wildman–Crippen MR) is 101 cm³/mol. The van der Waals surface area contributed by atoms with Crippen molar-refractivity contribution in [2.24, 2.45) is 0 Å². The molecule has 2 rings (SSSR count). The fraction of sp³-hybridized carbons (Fsp3) is 0.353. The Kier molecular flexibility index (Phi) is 5.74. The molecule has 1 N–H and O–H groups in total. The Morgan fingerprint density at radius 3 is 2.43 bits per heavy atom. The van der Waals surface area contributed by atoms with Gasteiger partial charge in [0, 0.05) is 15.8 Å². The summed E-state index contributed by atoms with van der Waals surface area (Å²) in [6.07, 6.45) is 0.843. The van der Waals surface area contributed by atoms with Crippen molar-refractivity contribution in [1.82, 2.24) is 4.72 Å². The first-order valence-electron chi connectivity index (χ1n) is 7.17. The number of halogens is 1. The van der Waals surface area contributed by atoms with Gasteiger partial charge in [-0.05, 0) is 62.4 Å². The molecule has 1 aromatic heterocycles. The number of carbonyl (C=O) groups is 1. The summed E-state index contributed by atoms with van der Waals surface area (Å²) in [6, 6.07) is 9.76. The van der Waals surface area contributed by atoms with Crippen molar-refractivity contribution in [2.45, 2.75) is 38.0 Å². The average Bonchev–Trinajstić information content (AvgIpc) is 2.95. The Morgan fingerprint density at radius 1 is 1.22 bits per heavy atom. The van der Waals surface area contributed by atoms with Crippen molar-refractivity contribution in [3.63, 3.8) is 0 Å². The highest BCUT2D eigenvalue weighted by Crippen LogP contribution is 2.35. The summed E-state index contributed by atoms with van der Waals surface area (Å²) in [4.78, 5) is 11.7. The summed E-state index contributed by atoms with van der Waals surface area (Å²) in [5.41, 5.74) is 1.26. The highest BCUT2D eigenvalue weighted by atomic mass is 79.9. The van der Waals surface area contributed by atoms with Crippen LogP contribution in [0.4, 0.5) is 0 Å². The molecule has 3 nitrogen and oxygen atoms in total. The van der Waals surface area contributed by atoms with E-state index >= 15 is 0 Å². The SMILES string of the molecule is CC(C)(C)[S@@+]([O-])N[C@](C)(c1cccc(Br)c1)c1csc(C=O)c1. The van der Waals surface area contributed by atoms with E-state index in [9.17, 15) is 9.35 Å². The minimum Gasteiger partial charge on any atom is -0.598 e. The van der Waals surface area contributed by atoms with Gasteiger partial charge in [0.15, 0.2) is 6.29 Å². The number of benzene rings is 1. The lowest BCUT2D eigenvalue weighted by molar-refractivity contribution is 0.112. The monoisotopic (exact) mass is 413 g/mol. The van der Waals surface area contributed by atoms with Gasteiger partial charge in [-0.2, -0.15) is 0 Å². The molecule has 0 radical (unpaired) electrons. The van der Waals surface area contributed by atoms with Crippen LogP contribution < -0.4 is 4.72 Å². The largest absolute Gasteiger partial charge is 0.598 e. The zero-order valence-corrected chi connectivity index (χ0v) is 16.8. The van der Waals surface area contributed by atoms with Crippen molar-refractivity contribution in [3.05, 3.63) is 56.2 Å². The van der Waals surface area contributed by atoms with Gasteiger partial charge in [0.25, 0.3) is 0 Å². The number of rotatable bonds is 5. The molecule has 1 aromatic carbocycles. The second-order valence-electron chi connectivity index (χ2n) is 6.47. The van der Waals surface area contributed by atoms with E-state index in [0.29, 0.717) is 4.88 Å². The lowest BCUT2D eigenvalue weighted by Crippen LogP contribution is -2.50. The van der Waals surface area contributed by atoms with Gasteiger partial charge in [0.05, 0.1) is 4.88 Å². The molecule has 6 heteroatoms. The number of hydrogen-bond acceptors (Lipinski definition) is 4. The van der Waals surface area contributed by atoms with Crippen LogP contribution in [-0.4, -0.2) is 15.6 Å². The average molecular weight is 414 g/mol. The maximum absolute atomic E-state index is 12.7. The van der Waals surface area contributed by atoms with Crippen LogP contribution in [-0.2, 0) is 16.9 Å². The molecular formula is C17H20BrNO2S2. The Hall–Kier alpha value is -0.660. The van der Waals surface area contributed by atoms with E-state index in [1.807, 2.05) is 63.4 Å². The number of carbonyl (C=O) groups excluding carboxylic acids is 1. The predicted octanol–water partition coefficient (Wildman–Crippen LogP) is 4.64. The van der Waals surface area contributed by atoms with Gasteiger partial charge in [0.2, 0.25) is 0 Å². The van der Waals surface area contributed by atoms with E-state index in [4.69, 9.17) is 0 Å². The fourth-order valence-electron chi connectivity index (χ4n) is 2.10. The summed E-state index contributed by atoms with van der Waals surface area (Å²) >= 11 is 3.63. The van der Waals surface area contributed by atoms with Crippen LogP contribution >= 0.6 is 27.3 Å². The number of hydrogen-bond donors (Lipinski definition) is 1. The first-order chi connectivity index (χ1) is 10.7. The molecule has 23 heavy (non-hydrogen) atoms. The van der Waals surface area contributed by atoms with Crippen LogP contribution in [0.3, 0.4) is 0 Å². The molecule has 0 spiro atoms. The number of aldehydes is 1. The summed E-state index contributed by atoms with van der Waals surface area (Å²) in [6.45, 7) is 7.79. The Labute approximate surface area is 152 Å². The molecular weight excluding hydrogens is 394 g/mol. The smallest absolute Gasteiger partial charge is 0.160 e. The zero-order chi connectivity index (χ0) is 17.3. The van der Waals surface area contributed by atoms with Crippen molar-refractivity contribution in [1.29, 1.82) is 0 Å². The summed E-state index contributed by atoms with van der Waals surface area (Å²) in [5.74, 6) is 0. The molecule has 0 aliphatic carbocycles. The third-order valence-corrected chi connectivity index (χ3v) is 6.63. The van der Waals surface area contributed by atoms with Gasteiger partial charge in [-0.15, -0.1) is 16.1 Å². The van der Waals surface area contributed by atoms with Gasteiger partial charge in [-0.1, -0.05) is 28.1 Å². The zero-order valence-electron chi connectivity index (χ0n) is 13.6. The molecule has 0 fully saturated rings. The quantitative estimate of drug-likeness (QED) is 0.573. The second kappa shape index (κ2) is 7.07. The molecule has 1 heterocycles. The second-order valence-corrected chi connectivity index (χ2v) is 10.3. The molecule has 2 aromatic rings. The van der Waals surface area contributed by atoms with Crippen LogP contribution in [0.2, 0.25) is 0 Å². The number of nitrogens with one attached hydrogen (secondary N) is 1. The molecule has 0 aliphatic heterocycles. The summed E-state index contributed by atoms with van der Waals surface area (Å²) in [5, 5.41) is 1.94. The van der Waals surface area contributed by atoms with Crippen molar-refractivity contribution >= 4 is 44.9 Å². The molecule has 0 saturated carbocycles. The first kappa shape index (κ1) is 18.7. The minimum atomic E-state index is -1.26. The topological polar surface area (TPSA) is 52.2 Å². The maximum Gasteiger partial charge on any atom is 0.160 e. The van der Waals surface area contributed by atoms with Crippen LogP contribution in [0.25, 0.3) is 0 Å². The van der Waals surface area contributed by atoms with Crippen LogP contribution in [0.15, 0.2) is 40.2 Å². The molecule has 124 valence electrons. The van der Waals surface area contributed by atoms with E-state index in [0.717, 1.165) is 21.9 Å². The van der Waals surface area contributed by atoms with Gasteiger partial charge in [0.1, 0.15) is 10.3 Å². The van der Waals surface area contributed by atoms with E-state index in [1.54, 1.807) is 0 Å². The third kappa shape index (κ3) is 4.25. The fourth-order valence-corrected chi connectivity index (χ4v) is 4.23. The Morgan fingerprint density at radius 2 is 1.91 bits per heavy atom. The molecule has 0 saturated heterocycles. The highest BCUT2D eigenvalue weighted by Gasteiger charge is 2.39. The van der Waals surface area contributed by atoms with Gasteiger partial charge in [-0.25, -0.2) is 0 Å². The van der Waals surface area contributed by atoms with Gasteiger partial charge >= 0.3 is 0 Å². The standard InChI is InChI=1S/C17H20BrNO2S2/c1-16(2,3)23(21)19-17(4,12-6-5-7-14(18)8-12)13-9-15(10-20)22-11-13/h5-11,19H,1-4H3/t17-,23-/m1/s1. The molecule has 0 amide bonds. The van der Waals surface area contributed by atoms with E-state index in [-0.39, 0.29) is 0 Å². The van der Waals surface area contributed by atoms with Crippen molar-refractivity contribution in [2.75, 3.05) is 0 Å². The van der Waals surface area contributed by atoms with Gasteiger partial charge in [-0.3, -0.25) is 4.79 Å². The Balaban J connectivity index is 2.52. The molecule has 0 aliphatic rings. The summed E-state index contributed by atoms with van der Waals surface area (Å²) in [7, 11) is 0. The van der Waals surface area contributed by atoms with Crippen LogP contribution in [0.1, 0.15) is 48.5 Å². The van der Waals surface area contributed by atoms with Crippen molar-refractivity contribution < 1.29 is 9.35 Å². The summed E-state index contributed by atoms with van der Waals surface area (Å²) < 4.78 is 16.5. The van der Waals surface area contributed by atoms with Crippen LogP contribution in [0, 0.1) is 0 Å². The third-order valence-electron chi connectivity index (χ3n) is 3.57. The van der Waals surface area contributed by atoms with Crippen LogP contribution in [0.5, 0.6) is 0 Å². The van der Waals surface area contributed by atoms with E-state index in [1.165, 1.54) is 11.3 Å². The number of thiophene rings is 1. The van der Waals surface area contributed by atoms with Gasteiger partial charge < -0.3 is 4.55 Å². The normalized spacial score (nSPS) is 15.9. The Bertz CT molecular complexity index is 696. The highest BCUT2D eigenvalue weighted by molar-refractivity contribution is 9.10. The van der Waals surface area contributed by atoms with E-state index < -0.39 is 21.6 Å². The first-order valence-corrected chi connectivity index (χ1v) is 9.99. The van der Waals surface area contributed by atoms with Crippen molar-refractivity contribution in [3.8, 4) is 0 Å².